The fourth-order valence-electron chi connectivity index (χ4n) is 4.67. The number of aryl methyl sites for hydroxylation is 3. The van der Waals surface area contributed by atoms with E-state index in [2.05, 4.69) is 59.8 Å². The van der Waals surface area contributed by atoms with Crippen LogP contribution in [0.15, 0.2) is 17.7 Å². The zero-order valence-corrected chi connectivity index (χ0v) is 14.1. The molecule has 0 aliphatic heterocycles. The molecule has 1 aromatic carbocycles. The first kappa shape index (κ1) is 14.6. The Hall–Kier alpha value is -1.37. The molecule has 2 fully saturated rings. The smallest absolute Gasteiger partial charge is 0.165 e. The minimum absolute atomic E-state index is 0.0996. The predicted molar refractivity (Wildman–Crippen MR) is 88.2 cm³/mol. The van der Waals surface area contributed by atoms with Gasteiger partial charge in [-0.15, -0.1) is 0 Å². The number of hydrogen-bond acceptors (Lipinski definition) is 1. The zero-order valence-electron chi connectivity index (χ0n) is 14.1. The van der Waals surface area contributed by atoms with E-state index in [4.69, 9.17) is 0 Å². The number of hydrogen-bond donors (Lipinski definition) is 0. The standard InChI is InChI=1S/C20H26O/c1-12-9-13(2)15(14(3)10-12)11-16-17-7-8-20(6,18(16)21)19(17,4)5/h9-11,17H,7-8H2,1-6H3/b16-11-/t17-,20+/m0/s1. The molecule has 0 radical (unpaired) electrons. The summed E-state index contributed by atoms with van der Waals surface area (Å²) in [5, 5.41) is 0. The van der Waals surface area contributed by atoms with Crippen molar-refractivity contribution < 1.29 is 4.79 Å². The fourth-order valence-corrected chi connectivity index (χ4v) is 4.67. The molecule has 3 rings (SSSR count). The van der Waals surface area contributed by atoms with E-state index in [1.807, 2.05) is 0 Å². The Labute approximate surface area is 128 Å². The molecule has 1 nitrogen and oxygen atoms in total. The molecule has 0 aromatic heterocycles. The molecule has 0 N–H and O–H groups in total. The third-order valence-electron chi connectivity index (χ3n) is 6.40. The van der Waals surface area contributed by atoms with Gasteiger partial charge in [0.2, 0.25) is 0 Å². The average molecular weight is 282 g/mol. The largest absolute Gasteiger partial charge is 0.294 e. The quantitative estimate of drug-likeness (QED) is 0.661. The van der Waals surface area contributed by atoms with Gasteiger partial charge in [0.25, 0.3) is 0 Å². The number of carbonyl (C=O) groups excluding carboxylic acids is 1. The van der Waals surface area contributed by atoms with Crippen LogP contribution in [0.25, 0.3) is 6.08 Å². The van der Waals surface area contributed by atoms with E-state index in [1.54, 1.807) is 0 Å². The number of fused-ring (bicyclic) bond motifs is 2. The van der Waals surface area contributed by atoms with Gasteiger partial charge in [0.1, 0.15) is 0 Å². The molecule has 1 heteroatoms. The lowest BCUT2D eigenvalue weighted by atomic mass is 9.70. The van der Waals surface area contributed by atoms with Crippen LogP contribution in [0.3, 0.4) is 0 Å². The normalized spacial score (nSPS) is 32.2. The molecule has 2 atom stereocenters. The van der Waals surface area contributed by atoms with Crippen LogP contribution >= 0.6 is 0 Å². The summed E-state index contributed by atoms with van der Waals surface area (Å²) in [6.07, 6.45) is 4.40. The molecule has 112 valence electrons. The topological polar surface area (TPSA) is 17.1 Å². The van der Waals surface area contributed by atoms with Crippen LogP contribution in [0, 0.1) is 37.5 Å². The highest BCUT2D eigenvalue weighted by molar-refractivity contribution is 6.08. The first-order valence-electron chi connectivity index (χ1n) is 8.03. The second-order valence-electron chi connectivity index (χ2n) is 7.89. The van der Waals surface area contributed by atoms with E-state index in [9.17, 15) is 4.79 Å². The van der Waals surface area contributed by atoms with Crippen molar-refractivity contribution in [1.82, 2.24) is 0 Å². The van der Waals surface area contributed by atoms with Gasteiger partial charge < -0.3 is 0 Å². The summed E-state index contributed by atoms with van der Waals surface area (Å²) in [4.78, 5) is 12.9. The lowest BCUT2D eigenvalue weighted by Gasteiger charge is -2.31. The summed E-state index contributed by atoms with van der Waals surface area (Å²) >= 11 is 0. The van der Waals surface area contributed by atoms with E-state index < -0.39 is 0 Å². The minimum atomic E-state index is -0.157. The number of allylic oxidation sites excluding steroid dienone is 1. The fraction of sp³-hybridized carbons (Fsp3) is 0.550. The monoisotopic (exact) mass is 282 g/mol. The summed E-state index contributed by atoms with van der Waals surface area (Å²) < 4.78 is 0. The van der Waals surface area contributed by atoms with E-state index in [0.29, 0.717) is 11.7 Å². The van der Waals surface area contributed by atoms with Gasteiger partial charge in [0.05, 0.1) is 0 Å². The summed E-state index contributed by atoms with van der Waals surface area (Å²) in [6.45, 7) is 13.2. The van der Waals surface area contributed by atoms with Crippen molar-refractivity contribution in [3.63, 3.8) is 0 Å². The van der Waals surface area contributed by atoms with Crippen LogP contribution in [-0.2, 0) is 4.79 Å². The Bertz CT molecular complexity index is 639. The van der Waals surface area contributed by atoms with Crippen LogP contribution in [-0.4, -0.2) is 5.78 Å². The summed E-state index contributed by atoms with van der Waals surface area (Å²) in [7, 11) is 0. The van der Waals surface area contributed by atoms with E-state index >= 15 is 0 Å². The Balaban J connectivity index is 2.13. The number of carbonyl (C=O) groups is 1. The molecular formula is C20H26O. The van der Waals surface area contributed by atoms with Gasteiger partial charge in [-0.3, -0.25) is 4.79 Å². The molecule has 2 aliphatic carbocycles. The molecule has 0 heterocycles. The van der Waals surface area contributed by atoms with Crippen LogP contribution < -0.4 is 0 Å². The highest BCUT2D eigenvalue weighted by Crippen LogP contribution is 2.65. The molecule has 0 amide bonds. The van der Waals surface area contributed by atoms with Gasteiger partial charge in [0, 0.05) is 5.41 Å². The molecule has 0 spiro atoms. The van der Waals surface area contributed by atoms with Crippen LogP contribution in [0.1, 0.15) is 55.9 Å². The molecule has 0 saturated heterocycles. The predicted octanol–water partition coefficient (Wildman–Crippen LogP) is 5.02. The molecule has 0 unspecified atom stereocenters. The third kappa shape index (κ3) is 1.79. The molecule has 2 saturated carbocycles. The van der Waals surface area contributed by atoms with Crippen molar-refractivity contribution in [2.45, 2.75) is 54.4 Å². The molecule has 2 bridgehead atoms. The van der Waals surface area contributed by atoms with E-state index in [0.717, 1.165) is 18.4 Å². The molecular weight excluding hydrogens is 256 g/mol. The molecule has 2 aliphatic rings. The van der Waals surface area contributed by atoms with Crippen molar-refractivity contribution >= 4 is 11.9 Å². The van der Waals surface area contributed by atoms with Crippen LogP contribution in [0.2, 0.25) is 0 Å². The first-order chi connectivity index (χ1) is 9.68. The molecule has 1 aromatic rings. The van der Waals surface area contributed by atoms with Crippen LogP contribution in [0.4, 0.5) is 0 Å². The summed E-state index contributed by atoms with van der Waals surface area (Å²) in [5.74, 6) is 0.818. The van der Waals surface area contributed by atoms with Crippen molar-refractivity contribution in [3.8, 4) is 0 Å². The van der Waals surface area contributed by atoms with Crippen molar-refractivity contribution in [1.29, 1.82) is 0 Å². The number of rotatable bonds is 1. The van der Waals surface area contributed by atoms with Gasteiger partial charge in [-0.1, -0.05) is 38.5 Å². The molecule has 21 heavy (non-hydrogen) atoms. The third-order valence-corrected chi connectivity index (χ3v) is 6.40. The van der Waals surface area contributed by atoms with Gasteiger partial charge in [-0.05, 0) is 73.3 Å². The Morgan fingerprint density at radius 2 is 1.67 bits per heavy atom. The van der Waals surface area contributed by atoms with Crippen molar-refractivity contribution in [3.05, 3.63) is 40.0 Å². The van der Waals surface area contributed by atoms with E-state index in [-0.39, 0.29) is 10.8 Å². The maximum Gasteiger partial charge on any atom is 0.165 e. The number of ketones is 1. The maximum absolute atomic E-state index is 12.9. The first-order valence-corrected chi connectivity index (χ1v) is 8.03. The SMILES string of the molecule is Cc1cc(C)c(/C=C2\C(=O)[C@@]3(C)CC[C@@H]2C3(C)C)c(C)c1. The highest BCUT2D eigenvalue weighted by atomic mass is 16.1. The lowest BCUT2D eigenvalue weighted by molar-refractivity contribution is -0.125. The van der Waals surface area contributed by atoms with Gasteiger partial charge in [0.15, 0.2) is 5.78 Å². The maximum atomic E-state index is 12.9. The summed E-state index contributed by atoms with van der Waals surface area (Å²) in [5.41, 5.74) is 6.11. The van der Waals surface area contributed by atoms with Gasteiger partial charge >= 0.3 is 0 Å². The minimum Gasteiger partial charge on any atom is -0.294 e. The van der Waals surface area contributed by atoms with Crippen molar-refractivity contribution in [2.75, 3.05) is 0 Å². The van der Waals surface area contributed by atoms with Gasteiger partial charge in [-0.25, -0.2) is 0 Å². The highest BCUT2D eigenvalue weighted by Gasteiger charge is 2.63. The number of Topliss-reactive ketones (excluding diaryl/α,β-unsaturated/α-hetero) is 1. The Kier molecular flexibility index (Phi) is 2.99. The van der Waals surface area contributed by atoms with E-state index in [1.165, 1.54) is 22.3 Å². The lowest BCUT2D eigenvalue weighted by Crippen LogP contribution is -2.32. The second kappa shape index (κ2) is 4.32. The number of benzene rings is 1. The van der Waals surface area contributed by atoms with Gasteiger partial charge in [-0.2, -0.15) is 0 Å². The average Bonchev–Trinajstić information content (AvgIpc) is 2.67. The van der Waals surface area contributed by atoms with Crippen LogP contribution in [0.5, 0.6) is 0 Å². The second-order valence-corrected chi connectivity index (χ2v) is 7.89. The Morgan fingerprint density at radius 3 is 2.14 bits per heavy atom. The Morgan fingerprint density at radius 1 is 1.10 bits per heavy atom. The zero-order chi connectivity index (χ0) is 15.6. The van der Waals surface area contributed by atoms with Crippen molar-refractivity contribution in [2.24, 2.45) is 16.7 Å². The summed E-state index contributed by atoms with van der Waals surface area (Å²) in [6, 6.07) is 4.42.